The van der Waals surface area contributed by atoms with Crippen LogP contribution in [0.1, 0.15) is 87.7 Å². The third-order valence-electron chi connectivity index (χ3n) is 9.99. The zero-order valence-corrected chi connectivity index (χ0v) is 23.1. The number of aliphatic hydroxyl groups is 2. The number of methoxy groups -OCH3 is 1. The fourth-order valence-electron chi connectivity index (χ4n) is 7.59. The van der Waals surface area contributed by atoms with Gasteiger partial charge >= 0.3 is 0 Å². The summed E-state index contributed by atoms with van der Waals surface area (Å²) in [6.07, 6.45) is 8.04. The maximum atomic E-state index is 13.6. The molecule has 2 saturated carbocycles. The first kappa shape index (κ1) is 28.1. The minimum absolute atomic E-state index is 0.0158. The molecule has 0 radical (unpaired) electrons. The quantitative estimate of drug-likeness (QED) is 0.409. The Morgan fingerprint density at radius 1 is 1.08 bits per heavy atom. The first-order valence-electron chi connectivity index (χ1n) is 14.8. The van der Waals surface area contributed by atoms with Crippen LogP contribution in [0.15, 0.2) is 12.1 Å². The Hall–Kier alpha value is -2.40. The van der Waals surface area contributed by atoms with E-state index in [-0.39, 0.29) is 30.5 Å². The monoisotopic (exact) mass is 537 g/mol. The molecule has 4 aliphatic rings. The van der Waals surface area contributed by atoms with Crippen LogP contribution in [0.2, 0.25) is 0 Å². The molecule has 0 aromatic heterocycles. The van der Waals surface area contributed by atoms with Gasteiger partial charge in [-0.05, 0) is 98.9 Å². The van der Waals surface area contributed by atoms with Gasteiger partial charge in [-0.2, -0.15) is 0 Å². The Morgan fingerprint density at radius 2 is 1.90 bits per heavy atom. The number of Topliss-reactive ketones (excluding diaryl/α,β-unsaturated/α-hetero) is 2. The molecule has 5 rings (SSSR count). The van der Waals surface area contributed by atoms with Crippen LogP contribution < -0.4 is 10.1 Å². The fraction of sp³-hybridized carbons (Fsp3) is 0.688. The minimum atomic E-state index is -1.08. The van der Waals surface area contributed by atoms with E-state index in [0.29, 0.717) is 67.4 Å². The highest BCUT2D eigenvalue weighted by atomic mass is 16.5. The zero-order valence-electron chi connectivity index (χ0n) is 23.1. The van der Waals surface area contributed by atoms with Crippen molar-refractivity contribution in [3.05, 3.63) is 23.3 Å². The largest absolute Gasteiger partial charge is 0.504 e. The van der Waals surface area contributed by atoms with Crippen molar-refractivity contribution in [1.29, 1.82) is 0 Å². The second-order valence-electron chi connectivity index (χ2n) is 12.3. The predicted octanol–water partition coefficient (Wildman–Crippen LogP) is 3.66. The normalized spacial score (nSPS) is 34.6. The van der Waals surface area contributed by atoms with Gasteiger partial charge in [0.25, 0.3) is 0 Å². The van der Waals surface area contributed by atoms with Crippen LogP contribution >= 0.6 is 0 Å². The highest BCUT2D eigenvalue weighted by Crippen LogP contribution is 2.45. The average Bonchev–Trinajstić information content (AvgIpc) is 2.98. The summed E-state index contributed by atoms with van der Waals surface area (Å²) in [5.74, 6) is 8.48. The van der Waals surface area contributed by atoms with Gasteiger partial charge in [-0.15, -0.1) is 0 Å². The number of hydrogen-bond donors (Lipinski definition) is 4. The highest BCUT2D eigenvalue weighted by molar-refractivity contribution is 5.89. The Labute approximate surface area is 231 Å². The number of aliphatic hydroxyl groups excluding tert-OH is 2. The van der Waals surface area contributed by atoms with Crippen molar-refractivity contribution in [2.45, 2.75) is 95.1 Å². The first-order chi connectivity index (χ1) is 18.8. The Balaban J connectivity index is 1.26. The number of fused-ring (bicyclic) bond motifs is 2. The summed E-state index contributed by atoms with van der Waals surface area (Å²) in [5.41, 5.74) is 0.622. The third-order valence-corrected chi connectivity index (χ3v) is 9.99. The van der Waals surface area contributed by atoms with E-state index in [1.165, 1.54) is 13.5 Å². The number of phenolic OH excluding ortho intramolecular Hbond substituents is 1. The highest BCUT2D eigenvalue weighted by Gasteiger charge is 2.47. The summed E-state index contributed by atoms with van der Waals surface area (Å²) in [6.45, 7) is 0.899. The topological polar surface area (TPSA) is 116 Å². The van der Waals surface area contributed by atoms with Crippen molar-refractivity contribution in [2.75, 3.05) is 20.3 Å². The molecule has 7 unspecified atom stereocenters. The number of piperidine rings is 1. The number of ether oxygens (including phenoxy) is 1. The first-order valence-corrected chi connectivity index (χ1v) is 14.8. The number of phenols is 1. The Bertz CT molecular complexity index is 1140. The zero-order chi connectivity index (χ0) is 27.6. The summed E-state index contributed by atoms with van der Waals surface area (Å²) in [4.78, 5) is 25.4. The lowest BCUT2D eigenvalue weighted by atomic mass is 9.64. The molecule has 3 aliphatic carbocycles. The molecule has 39 heavy (non-hydrogen) atoms. The standard InChI is InChI=1S/C32H43NO6/c1-39-29-16-23-5-7-30(37)32(12-9-22(10-13-34)26(23)18-28(29)36)11-8-20(15-31(32)38)2-3-21-14-24-4-6-25(35)17-27(24)33-19-21/h16,18,20-22,24,27,31,33-34,36,38H,2-8,10-11,13-15,17,19H2,1H3. The smallest absolute Gasteiger partial charge is 0.160 e. The molecule has 7 heteroatoms. The number of aromatic hydroxyl groups is 1. The van der Waals surface area contributed by atoms with Crippen molar-refractivity contribution in [3.63, 3.8) is 0 Å². The number of benzene rings is 1. The number of rotatable bonds is 6. The average molecular weight is 538 g/mol. The van der Waals surface area contributed by atoms with Crippen molar-refractivity contribution in [2.24, 2.45) is 23.2 Å². The van der Waals surface area contributed by atoms with Crippen LogP contribution in [0, 0.1) is 35.0 Å². The van der Waals surface area contributed by atoms with Crippen LogP contribution in [0.5, 0.6) is 11.5 Å². The number of aryl methyl sites for hydroxylation is 1. The molecular formula is C32H43NO6. The summed E-state index contributed by atoms with van der Waals surface area (Å²) in [6, 6.07) is 3.77. The third kappa shape index (κ3) is 5.89. The molecule has 1 aromatic carbocycles. The lowest BCUT2D eigenvalue weighted by Crippen LogP contribution is -2.49. The molecular weight excluding hydrogens is 494 g/mol. The number of carbonyl (C=O) groups is 2. The number of carbonyl (C=O) groups excluding carboxylic acids is 2. The lowest BCUT2D eigenvalue weighted by molar-refractivity contribution is -0.134. The van der Waals surface area contributed by atoms with Gasteiger partial charge in [0.05, 0.1) is 13.2 Å². The van der Waals surface area contributed by atoms with Gasteiger partial charge in [0.15, 0.2) is 17.3 Å². The van der Waals surface area contributed by atoms with E-state index in [1.807, 2.05) is 0 Å². The van der Waals surface area contributed by atoms with Gasteiger partial charge in [-0.25, -0.2) is 0 Å². The van der Waals surface area contributed by atoms with E-state index >= 15 is 0 Å². The van der Waals surface area contributed by atoms with Gasteiger partial charge in [0.1, 0.15) is 11.2 Å². The van der Waals surface area contributed by atoms with Crippen LogP contribution in [0.25, 0.3) is 0 Å². The second kappa shape index (κ2) is 12.0. The summed E-state index contributed by atoms with van der Waals surface area (Å²) >= 11 is 0. The molecule has 1 aliphatic heterocycles. The molecule has 1 aromatic rings. The van der Waals surface area contributed by atoms with Crippen LogP contribution in [0.4, 0.5) is 0 Å². The molecule has 7 nitrogen and oxygen atoms in total. The number of hydrogen-bond acceptors (Lipinski definition) is 7. The van der Waals surface area contributed by atoms with E-state index in [0.717, 1.165) is 49.8 Å². The predicted molar refractivity (Wildman–Crippen MR) is 147 cm³/mol. The molecule has 0 amide bonds. The van der Waals surface area contributed by atoms with Gasteiger partial charge in [-0.1, -0.05) is 18.3 Å². The summed E-state index contributed by atoms with van der Waals surface area (Å²) in [5, 5.41) is 35.2. The fourth-order valence-corrected chi connectivity index (χ4v) is 7.59. The SMILES string of the molecule is COc1cc2c(cc1O)C(CCO)C#CC1(CCC(CCC3CNC4CC(=O)CCC4C3)CC1O)C(=O)CC2. The maximum Gasteiger partial charge on any atom is 0.160 e. The maximum absolute atomic E-state index is 13.6. The molecule has 1 spiro atoms. The van der Waals surface area contributed by atoms with Crippen molar-refractivity contribution < 1.29 is 29.6 Å². The van der Waals surface area contributed by atoms with E-state index in [1.54, 1.807) is 12.1 Å². The summed E-state index contributed by atoms with van der Waals surface area (Å²) in [7, 11) is 1.50. The van der Waals surface area contributed by atoms with Crippen LogP contribution in [-0.4, -0.2) is 59.3 Å². The molecule has 1 heterocycles. The molecule has 1 saturated heterocycles. The van der Waals surface area contributed by atoms with Crippen molar-refractivity contribution in [3.8, 4) is 23.3 Å². The van der Waals surface area contributed by atoms with Crippen molar-refractivity contribution >= 4 is 11.6 Å². The van der Waals surface area contributed by atoms with Gasteiger partial charge in [0.2, 0.25) is 0 Å². The van der Waals surface area contributed by atoms with Gasteiger partial charge in [-0.3, -0.25) is 9.59 Å². The Kier molecular flexibility index (Phi) is 8.66. The van der Waals surface area contributed by atoms with Crippen LogP contribution in [-0.2, 0) is 16.0 Å². The van der Waals surface area contributed by atoms with E-state index in [9.17, 15) is 24.9 Å². The van der Waals surface area contributed by atoms with Gasteiger partial charge in [0, 0.05) is 37.8 Å². The molecule has 3 fully saturated rings. The number of nitrogens with one attached hydrogen (secondary N) is 1. The van der Waals surface area contributed by atoms with E-state index < -0.39 is 11.5 Å². The van der Waals surface area contributed by atoms with Gasteiger partial charge < -0.3 is 25.4 Å². The molecule has 4 N–H and O–H groups in total. The second-order valence-corrected chi connectivity index (χ2v) is 12.3. The minimum Gasteiger partial charge on any atom is -0.504 e. The number of ketones is 2. The van der Waals surface area contributed by atoms with E-state index in [4.69, 9.17) is 4.74 Å². The molecule has 0 bridgehead atoms. The van der Waals surface area contributed by atoms with Crippen molar-refractivity contribution in [1.82, 2.24) is 5.32 Å². The van der Waals surface area contributed by atoms with E-state index in [2.05, 4.69) is 17.2 Å². The van der Waals surface area contributed by atoms with Crippen LogP contribution in [0.3, 0.4) is 0 Å². The molecule has 212 valence electrons. The molecule has 7 atom stereocenters. The lowest BCUT2D eigenvalue weighted by Gasteiger charge is -2.42. The Morgan fingerprint density at radius 3 is 2.67 bits per heavy atom. The summed E-state index contributed by atoms with van der Waals surface area (Å²) < 4.78 is 5.29.